The highest BCUT2D eigenvalue weighted by Gasteiger charge is 2.55. The predicted octanol–water partition coefficient (Wildman–Crippen LogP) is 3.92. The molecule has 6 heteroatoms. The maximum absolute atomic E-state index is 13.2. The molecule has 0 aliphatic heterocycles. The monoisotopic (exact) mass is 398 g/mol. The third-order valence-electron chi connectivity index (χ3n) is 6.88. The van der Waals surface area contributed by atoms with Crippen molar-refractivity contribution in [2.24, 2.45) is 23.2 Å². The molecule has 1 aromatic carbocycles. The number of esters is 1. The van der Waals surface area contributed by atoms with Crippen LogP contribution < -0.4 is 10.6 Å². The molecule has 4 aliphatic carbocycles. The van der Waals surface area contributed by atoms with E-state index in [1.165, 1.54) is 19.3 Å². The fourth-order valence-corrected chi connectivity index (χ4v) is 6.13. The van der Waals surface area contributed by atoms with Crippen LogP contribution in [0.25, 0.3) is 0 Å². The van der Waals surface area contributed by atoms with E-state index < -0.39 is 12.1 Å². The molecule has 0 unspecified atom stereocenters. The van der Waals surface area contributed by atoms with E-state index in [9.17, 15) is 14.4 Å². The van der Waals surface area contributed by atoms with E-state index in [0.29, 0.717) is 23.4 Å². The number of nitrogens with one attached hydrogen (secondary N) is 2. The van der Waals surface area contributed by atoms with Crippen molar-refractivity contribution in [2.45, 2.75) is 58.0 Å². The highest BCUT2D eigenvalue weighted by atomic mass is 16.5. The van der Waals surface area contributed by atoms with Crippen molar-refractivity contribution in [3.63, 3.8) is 0 Å². The van der Waals surface area contributed by atoms with E-state index in [1.807, 2.05) is 18.2 Å². The van der Waals surface area contributed by atoms with Crippen LogP contribution in [0.1, 0.15) is 51.9 Å². The summed E-state index contributed by atoms with van der Waals surface area (Å²) in [6.07, 6.45) is 6.08. The maximum Gasteiger partial charge on any atom is 0.319 e. The average molecular weight is 399 g/mol. The number of ether oxygens (including phenoxy) is 1. The third kappa shape index (κ3) is 4.46. The number of anilines is 1. The SMILES string of the molecule is C[C@@H](OC(=O)CCNC(=O)Nc1ccccc1)C(=O)C12CC3CC(CC(C3)C1)C2. The quantitative estimate of drug-likeness (QED) is 0.682. The molecule has 1 atom stereocenters. The van der Waals surface area contributed by atoms with E-state index in [4.69, 9.17) is 4.74 Å². The van der Waals surface area contributed by atoms with E-state index in [0.717, 1.165) is 19.3 Å². The number of benzene rings is 1. The maximum atomic E-state index is 13.2. The van der Waals surface area contributed by atoms with E-state index >= 15 is 0 Å². The van der Waals surface area contributed by atoms with Crippen LogP contribution in [0.3, 0.4) is 0 Å². The zero-order valence-corrected chi connectivity index (χ0v) is 17.0. The first kappa shape index (κ1) is 19.9. The molecule has 4 aliphatic rings. The molecule has 0 spiro atoms. The van der Waals surface area contributed by atoms with Gasteiger partial charge in [0.15, 0.2) is 11.9 Å². The Morgan fingerprint density at radius 2 is 1.62 bits per heavy atom. The molecule has 6 nitrogen and oxygen atoms in total. The van der Waals surface area contributed by atoms with Crippen molar-refractivity contribution in [3.8, 4) is 0 Å². The van der Waals surface area contributed by atoms with Gasteiger partial charge in [0.25, 0.3) is 0 Å². The van der Waals surface area contributed by atoms with Crippen molar-refractivity contribution in [3.05, 3.63) is 30.3 Å². The van der Waals surface area contributed by atoms with Crippen LogP contribution in [-0.2, 0) is 14.3 Å². The number of Topliss-reactive ketones (excluding diaryl/α,β-unsaturated/α-hetero) is 1. The minimum Gasteiger partial charge on any atom is -0.455 e. The second kappa shape index (κ2) is 8.17. The lowest BCUT2D eigenvalue weighted by Gasteiger charge is -2.56. The number of hydrogen-bond acceptors (Lipinski definition) is 4. The molecule has 29 heavy (non-hydrogen) atoms. The third-order valence-corrected chi connectivity index (χ3v) is 6.88. The molecule has 0 aromatic heterocycles. The van der Waals surface area contributed by atoms with Crippen molar-refractivity contribution in [2.75, 3.05) is 11.9 Å². The number of carbonyl (C=O) groups excluding carboxylic acids is 3. The zero-order valence-electron chi connectivity index (χ0n) is 17.0. The predicted molar refractivity (Wildman–Crippen MR) is 109 cm³/mol. The lowest BCUT2D eigenvalue weighted by atomic mass is 9.48. The van der Waals surface area contributed by atoms with Gasteiger partial charge < -0.3 is 15.4 Å². The van der Waals surface area contributed by atoms with Crippen LogP contribution >= 0.6 is 0 Å². The molecule has 5 rings (SSSR count). The Bertz CT molecular complexity index is 741. The van der Waals surface area contributed by atoms with Gasteiger partial charge in [-0.2, -0.15) is 0 Å². The van der Waals surface area contributed by atoms with Gasteiger partial charge >= 0.3 is 12.0 Å². The lowest BCUT2D eigenvalue weighted by molar-refractivity contribution is -0.164. The van der Waals surface area contributed by atoms with Crippen molar-refractivity contribution >= 4 is 23.5 Å². The number of rotatable bonds is 7. The summed E-state index contributed by atoms with van der Waals surface area (Å²) in [5, 5.41) is 5.33. The van der Waals surface area contributed by atoms with Crippen LogP contribution in [-0.4, -0.2) is 30.4 Å². The van der Waals surface area contributed by atoms with Gasteiger partial charge in [-0.3, -0.25) is 9.59 Å². The van der Waals surface area contributed by atoms with Gasteiger partial charge in [0.1, 0.15) is 0 Å². The topological polar surface area (TPSA) is 84.5 Å². The second-order valence-electron chi connectivity index (χ2n) is 9.19. The lowest BCUT2D eigenvalue weighted by Crippen LogP contribution is -2.52. The largest absolute Gasteiger partial charge is 0.455 e. The number of carbonyl (C=O) groups is 3. The summed E-state index contributed by atoms with van der Waals surface area (Å²) >= 11 is 0. The average Bonchev–Trinajstić information content (AvgIpc) is 2.67. The smallest absolute Gasteiger partial charge is 0.319 e. The van der Waals surface area contributed by atoms with Gasteiger partial charge in [0.05, 0.1) is 6.42 Å². The molecule has 0 saturated heterocycles. The number of para-hydroxylation sites is 1. The van der Waals surface area contributed by atoms with Gasteiger partial charge in [-0.15, -0.1) is 0 Å². The Morgan fingerprint density at radius 3 is 2.21 bits per heavy atom. The number of ketones is 1. The Balaban J connectivity index is 1.21. The normalized spacial score (nSPS) is 30.4. The molecule has 4 saturated carbocycles. The second-order valence-corrected chi connectivity index (χ2v) is 9.19. The first-order valence-electron chi connectivity index (χ1n) is 10.8. The highest BCUT2D eigenvalue weighted by Crippen LogP contribution is 2.60. The molecule has 4 fully saturated rings. The number of amides is 2. The van der Waals surface area contributed by atoms with Crippen LogP contribution in [0.4, 0.5) is 10.5 Å². The van der Waals surface area contributed by atoms with Crippen LogP contribution in [0.2, 0.25) is 0 Å². The molecule has 2 amide bonds. The summed E-state index contributed by atoms with van der Waals surface area (Å²) in [5.74, 6) is 1.71. The van der Waals surface area contributed by atoms with Crippen LogP contribution in [0, 0.1) is 23.2 Å². The van der Waals surface area contributed by atoms with Crippen molar-refractivity contribution in [1.82, 2.24) is 5.32 Å². The fraction of sp³-hybridized carbons (Fsp3) is 0.609. The summed E-state index contributed by atoms with van der Waals surface area (Å²) < 4.78 is 5.44. The molecule has 0 heterocycles. The van der Waals surface area contributed by atoms with Gasteiger partial charge in [0.2, 0.25) is 0 Å². The fourth-order valence-electron chi connectivity index (χ4n) is 6.13. The minimum atomic E-state index is -0.711. The number of hydrogen-bond donors (Lipinski definition) is 2. The van der Waals surface area contributed by atoms with Gasteiger partial charge in [0, 0.05) is 17.6 Å². The Kier molecular flexibility index (Phi) is 5.61. The minimum absolute atomic E-state index is 0.0424. The number of urea groups is 1. The summed E-state index contributed by atoms with van der Waals surface area (Å²) in [6.45, 7) is 1.87. The molecule has 156 valence electrons. The Morgan fingerprint density at radius 1 is 1.03 bits per heavy atom. The summed E-state index contributed by atoms with van der Waals surface area (Å²) in [5.41, 5.74) is 0.421. The van der Waals surface area contributed by atoms with Gasteiger partial charge in [-0.1, -0.05) is 18.2 Å². The summed E-state index contributed by atoms with van der Waals surface area (Å²) in [6, 6.07) is 8.72. The molecule has 1 aromatic rings. The van der Waals surface area contributed by atoms with Gasteiger partial charge in [-0.05, 0) is 75.3 Å². The van der Waals surface area contributed by atoms with Crippen LogP contribution in [0.15, 0.2) is 30.3 Å². The molecular weight excluding hydrogens is 368 g/mol. The van der Waals surface area contributed by atoms with E-state index in [1.54, 1.807) is 19.1 Å². The first-order chi connectivity index (χ1) is 13.9. The van der Waals surface area contributed by atoms with Crippen molar-refractivity contribution in [1.29, 1.82) is 0 Å². The standard InChI is InChI=1S/C23H30N2O4/c1-15(21(27)23-12-16-9-17(13-23)11-18(10-16)14-23)29-20(26)7-8-24-22(28)25-19-5-3-2-4-6-19/h2-6,15-18H,7-14H2,1H3,(H2,24,25,28)/t15-,16?,17?,18?,23?/m1/s1. The summed E-state index contributed by atoms with van der Waals surface area (Å²) in [7, 11) is 0. The molecular formula is C23H30N2O4. The Labute approximate surface area is 171 Å². The van der Waals surface area contributed by atoms with Gasteiger partial charge in [-0.25, -0.2) is 4.79 Å². The molecule has 4 bridgehead atoms. The van der Waals surface area contributed by atoms with E-state index in [2.05, 4.69) is 10.6 Å². The summed E-state index contributed by atoms with van der Waals surface area (Å²) in [4.78, 5) is 37.2. The molecule has 2 N–H and O–H groups in total. The highest BCUT2D eigenvalue weighted by molar-refractivity contribution is 5.91. The molecule has 0 radical (unpaired) electrons. The van der Waals surface area contributed by atoms with Crippen LogP contribution in [0.5, 0.6) is 0 Å². The van der Waals surface area contributed by atoms with E-state index in [-0.39, 0.29) is 30.2 Å². The Hall–Kier alpha value is -2.37. The first-order valence-corrected chi connectivity index (χ1v) is 10.8. The zero-order chi connectivity index (χ0) is 20.4. The van der Waals surface area contributed by atoms with Crippen molar-refractivity contribution < 1.29 is 19.1 Å².